The first-order chi connectivity index (χ1) is 12.7. The molecule has 9 heteroatoms. The molecule has 2 aromatic carbocycles. The summed E-state index contributed by atoms with van der Waals surface area (Å²) in [7, 11) is 1.60. The average molecular weight is 413 g/mol. The predicted molar refractivity (Wildman–Crippen MR) is 100 cm³/mol. The van der Waals surface area contributed by atoms with Gasteiger partial charge >= 0.3 is 0 Å². The van der Waals surface area contributed by atoms with E-state index in [-0.39, 0.29) is 5.91 Å². The Hall–Kier alpha value is -3.20. The Morgan fingerprint density at radius 3 is 2.88 bits per heavy atom. The fourth-order valence-corrected chi connectivity index (χ4v) is 3.06. The van der Waals surface area contributed by atoms with E-state index in [0.29, 0.717) is 28.5 Å². The van der Waals surface area contributed by atoms with Gasteiger partial charge in [0.25, 0.3) is 5.91 Å². The number of halogens is 1. The van der Waals surface area contributed by atoms with Gasteiger partial charge in [-0.15, -0.1) is 10.2 Å². The van der Waals surface area contributed by atoms with Gasteiger partial charge in [-0.05, 0) is 41.6 Å². The van der Waals surface area contributed by atoms with Crippen molar-refractivity contribution in [3.05, 3.63) is 52.6 Å². The summed E-state index contributed by atoms with van der Waals surface area (Å²) in [5, 5.41) is 17.7. The zero-order valence-electron chi connectivity index (χ0n) is 13.6. The molecule has 130 valence electrons. The molecule has 0 aliphatic heterocycles. The van der Waals surface area contributed by atoms with Gasteiger partial charge in [0.1, 0.15) is 11.4 Å². The molecule has 0 bridgehead atoms. The Labute approximate surface area is 156 Å². The molecule has 0 saturated carbocycles. The van der Waals surface area contributed by atoms with E-state index in [4.69, 9.17) is 4.74 Å². The lowest BCUT2D eigenvalue weighted by atomic mass is 10.1. The summed E-state index contributed by atoms with van der Waals surface area (Å²) in [6.45, 7) is 0. The molecule has 1 amide bonds. The van der Waals surface area contributed by atoms with Gasteiger partial charge in [-0.2, -0.15) is 5.21 Å². The van der Waals surface area contributed by atoms with Crippen molar-refractivity contribution in [2.45, 2.75) is 0 Å². The Morgan fingerprint density at radius 1 is 1.23 bits per heavy atom. The molecule has 0 saturated heterocycles. The number of benzene rings is 2. The topological polar surface area (TPSA) is 109 Å². The number of nitrogens with zero attached hydrogens (tertiary/aromatic N) is 3. The molecule has 0 atom stereocenters. The summed E-state index contributed by atoms with van der Waals surface area (Å²) < 4.78 is 6.17. The van der Waals surface area contributed by atoms with Gasteiger partial charge in [0.05, 0.1) is 12.8 Å². The van der Waals surface area contributed by atoms with Crippen molar-refractivity contribution < 1.29 is 9.53 Å². The van der Waals surface area contributed by atoms with Gasteiger partial charge in [0.2, 0.25) is 5.82 Å². The second-order valence-corrected chi connectivity index (χ2v) is 6.40. The average Bonchev–Trinajstić information content (AvgIpc) is 3.32. The number of anilines is 1. The molecule has 3 N–H and O–H groups in total. The number of carbonyl (C=O) groups is 1. The lowest BCUT2D eigenvalue weighted by Crippen LogP contribution is -2.13. The van der Waals surface area contributed by atoms with Crippen molar-refractivity contribution in [1.29, 1.82) is 0 Å². The summed E-state index contributed by atoms with van der Waals surface area (Å²) in [5.74, 6) is 0.809. The number of tetrazole rings is 1. The second kappa shape index (κ2) is 6.60. The number of H-pyrrole nitrogens is 2. The number of fused-ring (bicyclic) bond motifs is 1. The van der Waals surface area contributed by atoms with Crippen molar-refractivity contribution in [3.63, 3.8) is 0 Å². The van der Waals surface area contributed by atoms with Crippen LogP contribution in [-0.2, 0) is 0 Å². The number of rotatable bonds is 4. The van der Waals surface area contributed by atoms with Crippen molar-refractivity contribution in [3.8, 4) is 17.1 Å². The normalized spacial score (nSPS) is 10.8. The molecular formula is C17H13BrN6O2. The molecule has 2 heterocycles. The Balaban J connectivity index is 1.69. The zero-order valence-corrected chi connectivity index (χ0v) is 15.2. The minimum absolute atomic E-state index is 0.282. The third kappa shape index (κ3) is 2.93. The van der Waals surface area contributed by atoms with E-state index < -0.39 is 0 Å². The summed E-state index contributed by atoms with van der Waals surface area (Å²) in [6.07, 6.45) is 0. The standard InChI is InChI=1S/C17H13BrN6O2/c1-26-15-4-2-3-12-10(15)8-14(19-12)17(25)20-13-6-5-9(18)7-11(13)16-21-23-24-22-16/h2-8,19H,1H3,(H,20,25)(H,21,22,23,24). The fraction of sp³-hybridized carbons (Fsp3) is 0.0588. The molecule has 4 rings (SSSR count). The highest BCUT2D eigenvalue weighted by Crippen LogP contribution is 2.30. The van der Waals surface area contributed by atoms with Crippen LogP contribution in [0.3, 0.4) is 0 Å². The van der Waals surface area contributed by atoms with Crippen molar-refractivity contribution in [1.82, 2.24) is 25.6 Å². The number of methoxy groups -OCH3 is 1. The first-order valence-corrected chi connectivity index (χ1v) is 8.45. The molecule has 0 unspecified atom stereocenters. The molecule has 4 aromatic rings. The third-order valence-corrected chi connectivity index (χ3v) is 4.40. The van der Waals surface area contributed by atoms with E-state index in [1.165, 1.54) is 0 Å². The van der Waals surface area contributed by atoms with E-state index >= 15 is 0 Å². The molecule has 0 spiro atoms. The van der Waals surface area contributed by atoms with Crippen LogP contribution < -0.4 is 10.1 Å². The number of aromatic amines is 2. The Kier molecular flexibility index (Phi) is 4.13. The molecule has 2 aromatic heterocycles. The van der Waals surface area contributed by atoms with Crippen molar-refractivity contribution in [2.24, 2.45) is 0 Å². The maximum Gasteiger partial charge on any atom is 0.272 e. The van der Waals surface area contributed by atoms with Crippen LogP contribution in [0.4, 0.5) is 5.69 Å². The zero-order chi connectivity index (χ0) is 18.1. The smallest absolute Gasteiger partial charge is 0.272 e. The van der Waals surface area contributed by atoms with E-state index in [1.807, 2.05) is 30.3 Å². The molecule has 0 radical (unpaired) electrons. The number of carbonyl (C=O) groups excluding carboxylic acids is 1. The van der Waals surface area contributed by atoms with Crippen LogP contribution in [0.2, 0.25) is 0 Å². The van der Waals surface area contributed by atoms with Crippen LogP contribution in [0.15, 0.2) is 46.9 Å². The van der Waals surface area contributed by atoms with Crippen LogP contribution in [0, 0.1) is 0 Å². The van der Waals surface area contributed by atoms with Crippen molar-refractivity contribution in [2.75, 3.05) is 12.4 Å². The number of nitrogens with one attached hydrogen (secondary N) is 3. The van der Waals surface area contributed by atoms with Gasteiger partial charge in [0, 0.05) is 20.9 Å². The summed E-state index contributed by atoms with van der Waals surface area (Å²) >= 11 is 3.41. The minimum atomic E-state index is -0.282. The number of hydrogen-bond acceptors (Lipinski definition) is 5. The van der Waals surface area contributed by atoms with Gasteiger partial charge < -0.3 is 15.0 Å². The molecule has 0 fully saturated rings. The SMILES string of the molecule is COc1cccc2[nH]c(C(=O)Nc3ccc(Br)cc3-c3nn[nH]n3)cc12. The van der Waals surface area contributed by atoms with E-state index in [1.54, 1.807) is 19.2 Å². The van der Waals surface area contributed by atoms with Crippen LogP contribution in [0.5, 0.6) is 5.75 Å². The predicted octanol–water partition coefficient (Wildman–Crippen LogP) is 3.37. The lowest BCUT2D eigenvalue weighted by molar-refractivity contribution is 0.102. The maximum atomic E-state index is 12.7. The molecule has 0 aliphatic carbocycles. The van der Waals surface area contributed by atoms with E-state index in [0.717, 1.165) is 15.4 Å². The summed E-state index contributed by atoms with van der Waals surface area (Å²) in [5.41, 5.74) is 2.47. The van der Waals surface area contributed by atoms with Gasteiger partial charge in [-0.25, -0.2) is 0 Å². The van der Waals surface area contributed by atoms with Crippen LogP contribution in [-0.4, -0.2) is 38.6 Å². The number of ether oxygens (including phenoxy) is 1. The van der Waals surface area contributed by atoms with E-state index in [9.17, 15) is 4.79 Å². The molecular weight excluding hydrogens is 400 g/mol. The second-order valence-electron chi connectivity index (χ2n) is 5.48. The quantitative estimate of drug-likeness (QED) is 0.476. The first kappa shape index (κ1) is 16.3. The van der Waals surface area contributed by atoms with Crippen molar-refractivity contribution >= 4 is 38.4 Å². The van der Waals surface area contributed by atoms with Gasteiger partial charge in [-0.3, -0.25) is 4.79 Å². The van der Waals surface area contributed by atoms with Gasteiger partial charge in [0.15, 0.2) is 0 Å². The summed E-state index contributed by atoms with van der Waals surface area (Å²) in [6, 6.07) is 12.8. The maximum absolute atomic E-state index is 12.7. The highest BCUT2D eigenvalue weighted by molar-refractivity contribution is 9.10. The van der Waals surface area contributed by atoms with E-state index in [2.05, 4.69) is 46.9 Å². The fourth-order valence-electron chi connectivity index (χ4n) is 2.70. The van der Waals surface area contributed by atoms with Crippen LogP contribution in [0.1, 0.15) is 10.5 Å². The molecule has 26 heavy (non-hydrogen) atoms. The summed E-state index contributed by atoms with van der Waals surface area (Å²) in [4.78, 5) is 15.8. The first-order valence-electron chi connectivity index (χ1n) is 7.66. The van der Waals surface area contributed by atoms with Crippen LogP contribution >= 0.6 is 15.9 Å². The number of amides is 1. The molecule has 8 nitrogen and oxygen atoms in total. The monoisotopic (exact) mass is 412 g/mol. The number of hydrogen-bond donors (Lipinski definition) is 3. The molecule has 0 aliphatic rings. The largest absolute Gasteiger partial charge is 0.496 e. The lowest BCUT2D eigenvalue weighted by Gasteiger charge is -2.08. The highest BCUT2D eigenvalue weighted by Gasteiger charge is 2.16. The highest BCUT2D eigenvalue weighted by atomic mass is 79.9. The van der Waals surface area contributed by atoms with Gasteiger partial charge in [-0.1, -0.05) is 22.0 Å². The van der Waals surface area contributed by atoms with Crippen LogP contribution in [0.25, 0.3) is 22.3 Å². The number of aromatic nitrogens is 5. The minimum Gasteiger partial charge on any atom is -0.496 e. The Morgan fingerprint density at radius 2 is 2.12 bits per heavy atom. The third-order valence-electron chi connectivity index (χ3n) is 3.90. The Bertz CT molecular complexity index is 1090.